The van der Waals surface area contributed by atoms with Gasteiger partial charge in [-0.25, -0.2) is 9.97 Å². The van der Waals surface area contributed by atoms with Crippen LogP contribution in [-0.4, -0.2) is 37.9 Å². The number of hydrogen-bond donors (Lipinski definition) is 3. The number of aryl methyl sites for hydroxylation is 4. The number of benzene rings is 1. The van der Waals surface area contributed by atoms with Gasteiger partial charge in [-0.15, -0.1) is 0 Å². The van der Waals surface area contributed by atoms with Crippen molar-refractivity contribution in [2.24, 2.45) is 0 Å². The van der Waals surface area contributed by atoms with Gasteiger partial charge >= 0.3 is 0 Å². The molecule has 9 heteroatoms. The summed E-state index contributed by atoms with van der Waals surface area (Å²) < 4.78 is 31.0. The fraction of sp³-hybridized carbons (Fsp3) is 0.216. The Morgan fingerprint density at radius 1 is 0.674 bits per heavy atom. The number of aromatic nitrogens is 5. The summed E-state index contributed by atoms with van der Waals surface area (Å²) >= 11 is 0. The quantitative estimate of drug-likeness (QED) is 0.156. The number of pyridine rings is 1. The molecule has 8 bridgehead atoms. The maximum Gasteiger partial charge on any atom is 0.294 e. The SMILES string of the molecule is CC1=Cc2cc3ccc(cc4nc(cc5[nH]c(c(C)c1n2)c(C)c5C)-c1cccnc1-4)[nH]3.Cc1cc(S(=O)(=O)O)c(C)c(C)c1C. The van der Waals surface area contributed by atoms with Crippen LogP contribution in [0, 0.1) is 48.5 Å². The van der Waals surface area contributed by atoms with Gasteiger partial charge in [0.25, 0.3) is 10.1 Å². The van der Waals surface area contributed by atoms with Crippen LogP contribution >= 0.6 is 0 Å². The first kappa shape index (κ1) is 31.1. The number of allylic oxidation sites excluding steroid dienone is 1. The van der Waals surface area contributed by atoms with Crippen molar-refractivity contribution in [3.8, 4) is 22.6 Å². The zero-order valence-corrected chi connectivity index (χ0v) is 28.1. The van der Waals surface area contributed by atoms with Crippen LogP contribution in [0.1, 0.15) is 57.3 Å². The number of nitrogens with zero attached hydrogens (tertiary/aromatic N) is 3. The van der Waals surface area contributed by atoms with E-state index >= 15 is 0 Å². The lowest BCUT2D eigenvalue weighted by Gasteiger charge is -2.11. The summed E-state index contributed by atoms with van der Waals surface area (Å²) in [5.74, 6) is 0. The molecular weight excluding hydrogens is 595 g/mol. The number of nitrogens with one attached hydrogen (secondary N) is 2. The minimum absolute atomic E-state index is 0.0121. The summed E-state index contributed by atoms with van der Waals surface area (Å²) in [6, 6.07) is 16.0. The van der Waals surface area contributed by atoms with Crippen molar-refractivity contribution >= 4 is 43.8 Å². The Balaban J connectivity index is 0.000000224. The molecule has 3 N–H and O–H groups in total. The molecule has 0 spiro atoms. The van der Waals surface area contributed by atoms with Gasteiger partial charge in [0.2, 0.25) is 0 Å². The normalized spacial score (nSPS) is 12.3. The van der Waals surface area contributed by atoms with Crippen LogP contribution in [-0.2, 0) is 10.1 Å². The number of fused-ring (bicyclic) bond motifs is 11. The minimum atomic E-state index is -4.10. The molecule has 1 aromatic carbocycles. The molecule has 46 heavy (non-hydrogen) atoms. The molecule has 0 saturated heterocycles. The first-order valence-electron chi connectivity index (χ1n) is 15.1. The van der Waals surface area contributed by atoms with Crippen LogP contribution in [0.2, 0.25) is 0 Å². The Bertz CT molecular complexity index is 2380. The molecule has 0 amide bonds. The lowest BCUT2D eigenvalue weighted by atomic mass is 10.00. The highest BCUT2D eigenvalue weighted by atomic mass is 32.2. The molecule has 0 saturated carbocycles. The van der Waals surface area contributed by atoms with Gasteiger partial charge in [0, 0.05) is 33.8 Å². The van der Waals surface area contributed by atoms with Gasteiger partial charge in [0.15, 0.2) is 0 Å². The summed E-state index contributed by atoms with van der Waals surface area (Å²) in [6.45, 7) is 15.9. The van der Waals surface area contributed by atoms with Crippen LogP contribution in [0.15, 0.2) is 59.6 Å². The van der Waals surface area contributed by atoms with E-state index in [-0.39, 0.29) is 4.90 Å². The average Bonchev–Trinajstić information content (AvgIpc) is 3.76. The molecule has 6 heterocycles. The molecule has 5 aromatic rings. The molecule has 2 aliphatic heterocycles. The topological polar surface area (TPSA) is 125 Å². The molecule has 0 unspecified atom stereocenters. The van der Waals surface area contributed by atoms with E-state index in [2.05, 4.69) is 85.1 Å². The molecule has 2 aliphatic rings. The maximum atomic E-state index is 11.0. The van der Waals surface area contributed by atoms with E-state index in [1.165, 1.54) is 22.8 Å². The van der Waals surface area contributed by atoms with Crippen LogP contribution < -0.4 is 0 Å². The Hall–Kier alpha value is -4.86. The summed E-state index contributed by atoms with van der Waals surface area (Å²) in [6.07, 6.45) is 3.96. The minimum Gasteiger partial charge on any atom is -0.355 e. The predicted molar refractivity (Wildman–Crippen MR) is 186 cm³/mol. The second kappa shape index (κ2) is 11.5. The van der Waals surface area contributed by atoms with E-state index in [4.69, 9.17) is 14.5 Å². The van der Waals surface area contributed by atoms with Gasteiger partial charge in [0.1, 0.15) is 0 Å². The van der Waals surface area contributed by atoms with E-state index in [9.17, 15) is 8.42 Å². The highest BCUT2D eigenvalue weighted by molar-refractivity contribution is 7.85. The largest absolute Gasteiger partial charge is 0.355 e. The Morgan fingerprint density at radius 3 is 2.11 bits per heavy atom. The number of hydrogen-bond acceptors (Lipinski definition) is 5. The van der Waals surface area contributed by atoms with E-state index in [1.807, 2.05) is 33.0 Å². The van der Waals surface area contributed by atoms with Crippen molar-refractivity contribution in [3.63, 3.8) is 0 Å². The molecule has 7 rings (SSSR count). The van der Waals surface area contributed by atoms with Crippen LogP contribution in [0.4, 0.5) is 0 Å². The second-order valence-electron chi connectivity index (χ2n) is 12.1. The van der Waals surface area contributed by atoms with Crippen molar-refractivity contribution in [2.75, 3.05) is 0 Å². The van der Waals surface area contributed by atoms with Crippen molar-refractivity contribution in [2.45, 2.75) is 60.3 Å². The highest BCUT2D eigenvalue weighted by Crippen LogP contribution is 2.35. The van der Waals surface area contributed by atoms with Gasteiger partial charge in [-0.3, -0.25) is 9.54 Å². The third-order valence-corrected chi connectivity index (χ3v) is 10.2. The summed E-state index contributed by atoms with van der Waals surface area (Å²) in [7, 11) is -4.10. The molecule has 234 valence electrons. The van der Waals surface area contributed by atoms with Gasteiger partial charge < -0.3 is 9.97 Å². The van der Waals surface area contributed by atoms with Crippen molar-refractivity contribution in [1.29, 1.82) is 0 Å². The van der Waals surface area contributed by atoms with Crippen LogP contribution in [0.3, 0.4) is 0 Å². The molecule has 0 fully saturated rings. The van der Waals surface area contributed by atoms with E-state index in [1.54, 1.807) is 6.92 Å². The maximum absolute atomic E-state index is 11.0. The monoisotopic (exact) mass is 631 g/mol. The summed E-state index contributed by atoms with van der Waals surface area (Å²) in [5.41, 5.74) is 18.2. The lowest BCUT2D eigenvalue weighted by molar-refractivity contribution is 0.482. The Kier molecular flexibility index (Phi) is 7.78. The van der Waals surface area contributed by atoms with E-state index < -0.39 is 10.1 Å². The molecule has 0 aliphatic carbocycles. The second-order valence-corrected chi connectivity index (χ2v) is 13.5. The molecule has 4 aromatic heterocycles. The smallest absolute Gasteiger partial charge is 0.294 e. The fourth-order valence-corrected chi connectivity index (χ4v) is 6.96. The lowest BCUT2D eigenvalue weighted by Crippen LogP contribution is -2.04. The Labute approximate surface area is 269 Å². The first-order valence-corrected chi connectivity index (χ1v) is 16.5. The average molecular weight is 632 g/mol. The third-order valence-electron chi connectivity index (χ3n) is 9.20. The zero-order chi connectivity index (χ0) is 33.1. The Morgan fingerprint density at radius 2 is 1.39 bits per heavy atom. The molecule has 0 radical (unpaired) electrons. The van der Waals surface area contributed by atoms with Crippen molar-refractivity contribution in [1.82, 2.24) is 24.9 Å². The molecule has 8 nitrogen and oxygen atoms in total. The zero-order valence-electron chi connectivity index (χ0n) is 27.3. The van der Waals surface area contributed by atoms with Gasteiger partial charge in [-0.1, -0.05) is 0 Å². The molecule has 0 atom stereocenters. The van der Waals surface area contributed by atoms with E-state index in [0.717, 1.165) is 78.4 Å². The van der Waals surface area contributed by atoms with Crippen molar-refractivity contribution < 1.29 is 13.0 Å². The van der Waals surface area contributed by atoms with Gasteiger partial charge in [0.05, 0.1) is 33.4 Å². The third kappa shape index (κ3) is 5.57. The fourth-order valence-electron chi connectivity index (χ4n) is 6.10. The number of rotatable bonds is 1. The van der Waals surface area contributed by atoms with Crippen LogP contribution in [0.25, 0.3) is 56.4 Å². The summed E-state index contributed by atoms with van der Waals surface area (Å²) in [5, 5.41) is 0. The van der Waals surface area contributed by atoms with Crippen LogP contribution in [0.5, 0.6) is 0 Å². The highest BCUT2D eigenvalue weighted by Gasteiger charge is 2.19. The van der Waals surface area contributed by atoms with Gasteiger partial charge in [-0.05, 0) is 155 Å². The summed E-state index contributed by atoms with van der Waals surface area (Å²) in [4.78, 5) is 21.7. The standard InChI is InChI=1S/C27H23N5.C10H14O3S/c1-14-10-20-11-18-7-8-19(29-18)12-24-27-21(6-5-9-28-27)23(31-24)13-22-15(2)16(3)26(32-22)17(4)25(14)30-20;1-6-5-10(14(11,12)13)9(4)8(3)7(6)2/h5-13,29,32H,1-4H3;5H,1-4H3,(H,11,12,13). The van der Waals surface area contributed by atoms with Crippen molar-refractivity contribution in [3.05, 3.63) is 105 Å². The molecular formula is C37H37N5O3S. The predicted octanol–water partition coefficient (Wildman–Crippen LogP) is 8.70. The number of H-pyrrole nitrogens is 2. The first-order chi connectivity index (χ1) is 21.7. The number of aromatic amines is 2. The van der Waals surface area contributed by atoms with Gasteiger partial charge in [-0.2, -0.15) is 8.42 Å². The van der Waals surface area contributed by atoms with E-state index in [0.29, 0.717) is 5.56 Å².